The molecule has 0 aromatic rings. The molecule has 0 aromatic carbocycles. The number of amides is 1. The molecule has 0 aliphatic carbocycles. The van der Waals surface area contributed by atoms with Gasteiger partial charge >= 0.3 is 12.1 Å². The van der Waals surface area contributed by atoms with Gasteiger partial charge in [-0.15, -0.1) is 0 Å². The Morgan fingerprint density at radius 2 is 1.13 bits per heavy atom. The number of hydrogen-bond acceptors (Lipinski definition) is 4. The third-order valence-electron chi connectivity index (χ3n) is 5.32. The molecule has 5 heteroatoms. The molecule has 0 bridgehead atoms. The van der Waals surface area contributed by atoms with Crippen molar-refractivity contribution < 1.29 is 19.1 Å². The van der Waals surface area contributed by atoms with Crippen LogP contribution in [-0.4, -0.2) is 31.3 Å². The van der Waals surface area contributed by atoms with Crippen LogP contribution in [0.25, 0.3) is 0 Å². The number of ether oxygens (including phenoxy) is 2. The highest BCUT2D eigenvalue weighted by molar-refractivity contribution is 5.80. The van der Waals surface area contributed by atoms with Crippen molar-refractivity contribution in [1.82, 2.24) is 5.32 Å². The molecule has 0 saturated carbocycles. The summed E-state index contributed by atoms with van der Waals surface area (Å²) in [6, 6.07) is -0.691. The van der Waals surface area contributed by atoms with E-state index in [0.29, 0.717) is 13.2 Å². The number of alkyl carbamates (subject to hydrolysis) is 1. The minimum absolute atomic E-state index is 0.103. The van der Waals surface area contributed by atoms with Crippen LogP contribution in [0.5, 0.6) is 0 Å². The van der Waals surface area contributed by atoms with Crippen LogP contribution in [0, 0.1) is 5.41 Å². The Bertz CT molecular complexity index is 445. The van der Waals surface area contributed by atoms with Crippen LogP contribution in [-0.2, 0) is 14.3 Å². The van der Waals surface area contributed by atoms with E-state index in [1.54, 1.807) is 6.92 Å². The molecule has 1 atom stereocenters. The van der Waals surface area contributed by atoms with E-state index in [-0.39, 0.29) is 5.41 Å². The lowest BCUT2D eigenvalue weighted by Gasteiger charge is -2.19. The summed E-state index contributed by atoms with van der Waals surface area (Å²) < 4.78 is 10.4. The molecule has 0 aliphatic heterocycles. The fourth-order valence-electron chi connectivity index (χ4n) is 3.33. The topological polar surface area (TPSA) is 64.6 Å². The van der Waals surface area contributed by atoms with Crippen molar-refractivity contribution in [1.29, 1.82) is 0 Å². The predicted octanol–water partition coefficient (Wildman–Crippen LogP) is 7.56. The Kier molecular flexibility index (Phi) is 18.6. The molecular formula is C26H51NO4. The van der Waals surface area contributed by atoms with E-state index in [0.717, 1.165) is 12.8 Å². The molecule has 0 fully saturated rings. The van der Waals surface area contributed by atoms with Gasteiger partial charge in [-0.3, -0.25) is 0 Å². The Hall–Kier alpha value is -1.26. The van der Waals surface area contributed by atoms with Gasteiger partial charge in [-0.2, -0.15) is 0 Å². The minimum atomic E-state index is -0.691. The first-order valence-corrected chi connectivity index (χ1v) is 12.9. The van der Waals surface area contributed by atoms with Gasteiger partial charge in [0.25, 0.3) is 0 Å². The fourth-order valence-corrected chi connectivity index (χ4v) is 3.33. The van der Waals surface area contributed by atoms with Gasteiger partial charge in [0.15, 0.2) is 0 Å². The van der Waals surface area contributed by atoms with Crippen LogP contribution in [0.4, 0.5) is 4.79 Å². The first-order valence-electron chi connectivity index (χ1n) is 12.9. The summed E-state index contributed by atoms with van der Waals surface area (Å²) in [6.07, 6.45) is 19.1. The summed E-state index contributed by atoms with van der Waals surface area (Å²) in [5, 5.41) is 2.52. The van der Waals surface area contributed by atoms with Gasteiger partial charge in [0.1, 0.15) is 6.04 Å². The molecule has 0 aliphatic rings. The zero-order chi connectivity index (χ0) is 23.4. The average Bonchev–Trinajstić information content (AvgIpc) is 2.71. The minimum Gasteiger partial charge on any atom is -0.464 e. The quantitative estimate of drug-likeness (QED) is 0.166. The number of rotatable bonds is 19. The van der Waals surface area contributed by atoms with Crippen LogP contribution in [0.1, 0.15) is 131 Å². The molecule has 31 heavy (non-hydrogen) atoms. The zero-order valence-electron chi connectivity index (χ0n) is 21.2. The maximum absolute atomic E-state index is 11.9. The number of carbonyl (C=O) groups is 2. The van der Waals surface area contributed by atoms with Gasteiger partial charge in [-0.1, -0.05) is 118 Å². The Morgan fingerprint density at radius 1 is 0.710 bits per heavy atom. The average molecular weight is 442 g/mol. The summed E-state index contributed by atoms with van der Waals surface area (Å²) >= 11 is 0. The number of carbonyl (C=O) groups excluding carboxylic acids is 2. The van der Waals surface area contributed by atoms with Crippen molar-refractivity contribution in [3.63, 3.8) is 0 Å². The Balaban J connectivity index is 3.42. The molecule has 1 unspecified atom stereocenters. The van der Waals surface area contributed by atoms with Crippen LogP contribution in [0.3, 0.4) is 0 Å². The molecule has 1 N–H and O–H groups in total. The molecule has 0 radical (unpaired) electrons. The molecule has 0 rings (SSSR count). The van der Waals surface area contributed by atoms with Crippen LogP contribution in [0.2, 0.25) is 0 Å². The predicted molar refractivity (Wildman–Crippen MR) is 129 cm³/mol. The third-order valence-corrected chi connectivity index (χ3v) is 5.32. The second kappa shape index (κ2) is 19.4. The van der Waals surface area contributed by atoms with E-state index < -0.39 is 18.1 Å². The summed E-state index contributed by atoms with van der Waals surface area (Å²) in [7, 11) is 0. The number of esters is 1. The number of nitrogens with one attached hydrogen (secondary N) is 1. The molecule has 184 valence electrons. The Labute approximate surface area is 192 Å². The summed E-state index contributed by atoms with van der Waals surface area (Å²) in [6.45, 7) is 10.6. The SMILES string of the molecule is CCCCCCCCCCCCCCCCCOC(=O)C(C)NC(=O)OCC(C)(C)C. The lowest BCUT2D eigenvalue weighted by Crippen LogP contribution is -2.40. The normalized spacial score (nSPS) is 12.4. The van der Waals surface area contributed by atoms with Crippen molar-refractivity contribution in [2.75, 3.05) is 13.2 Å². The highest BCUT2D eigenvalue weighted by Crippen LogP contribution is 2.14. The van der Waals surface area contributed by atoms with Gasteiger partial charge in [-0.25, -0.2) is 9.59 Å². The molecule has 0 heterocycles. The van der Waals surface area contributed by atoms with E-state index in [9.17, 15) is 9.59 Å². The maximum atomic E-state index is 11.9. The maximum Gasteiger partial charge on any atom is 0.407 e. The Morgan fingerprint density at radius 3 is 1.55 bits per heavy atom. The van der Waals surface area contributed by atoms with Gasteiger partial charge in [0, 0.05) is 0 Å². The molecule has 1 amide bonds. The summed E-state index contributed by atoms with van der Waals surface area (Å²) in [4.78, 5) is 23.6. The van der Waals surface area contributed by atoms with Crippen molar-refractivity contribution in [3.8, 4) is 0 Å². The van der Waals surface area contributed by atoms with Crippen LogP contribution >= 0.6 is 0 Å². The lowest BCUT2D eigenvalue weighted by atomic mass is 9.99. The highest BCUT2D eigenvalue weighted by Gasteiger charge is 2.19. The first-order chi connectivity index (χ1) is 14.8. The monoisotopic (exact) mass is 441 g/mol. The smallest absolute Gasteiger partial charge is 0.407 e. The summed E-state index contributed by atoms with van der Waals surface area (Å²) in [5.41, 5.74) is -0.103. The van der Waals surface area contributed by atoms with E-state index in [1.807, 2.05) is 20.8 Å². The highest BCUT2D eigenvalue weighted by atomic mass is 16.6. The molecule has 5 nitrogen and oxygen atoms in total. The second-order valence-corrected chi connectivity index (χ2v) is 10.1. The van der Waals surface area contributed by atoms with Crippen LogP contribution < -0.4 is 5.32 Å². The van der Waals surface area contributed by atoms with E-state index in [4.69, 9.17) is 9.47 Å². The van der Waals surface area contributed by atoms with Gasteiger partial charge in [-0.05, 0) is 18.8 Å². The third kappa shape index (κ3) is 21.7. The summed E-state index contributed by atoms with van der Waals surface area (Å²) in [5.74, 6) is -0.405. The van der Waals surface area contributed by atoms with Crippen molar-refractivity contribution in [2.45, 2.75) is 137 Å². The first kappa shape index (κ1) is 29.7. The van der Waals surface area contributed by atoms with Crippen LogP contribution in [0.15, 0.2) is 0 Å². The number of hydrogen-bond donors (Lipinski definition) is 1. The molecule has 0 aromatic heterocycles. The fraction of sp³-hybridized carbons (Fsp3) is 0.923. The van der Waals surface area contributed by atoms with E-state index in [1.165, 1.54) is 83.5 Å². The molecule has 0 saturated heterocycles. The van der Waals surface area contributed by atoms with E-state index >= 15 is 0 Å². The van der Waals surface area contributed by atoms with Crippen molar-refractivity contribution in [3.05, 3.63) is 0 Å². The standard InChI is InChI=1S/C26H51NO4/c1-6-7-8-9-10-11-12-13-14-15-16-17-18-19-20-21-30-24(28)23(2)27-25(29)31-22-26(3,4)5/h23H,6-22H2,1-5H3,(H,27,29). The molecular weight excluding hydrogens is 390 g/mol. The zero-order valence-corrected chi connectivity index (χ0v) is 21.2. The number of unbranched alkanes of at least 4 members (excludes halogenated alkanes) is 14. The second-order valence-electron chi connectivity index (χ2n) is 10.1. The van der Waals surface area contributed by atoms with Gasteiger partial charge in [0.05, 0.1) is 13.2 Å². The van der Waals surface area contributed by atoms with Gasteiger partial charge < -0.3 is 14.8 Å². The molecule has 0 spiro atoms. The lowest BCUT2D eigenvalue weighted by molar-refractivity contribution is -0.145. The van der Waals surface area contributed by atoms with E-state index in [2.05, 4.69) is 12.2 Å². The van der Waals surface area contributed by atoms with Gasteiger partial charge in [0.2, 0.25) is 0 Å². The van der Waals surface area contributed by atoms with Crippen molar-refractivity contribution in [2.24, 2.45) is 5.41 Å². The largest absolute Gasteiger partial charge is 0.464 e. The van der Waals surface area contributed by atoms with Crippen molar-refractivity contribution >= 4 is 12.1 Å².